The van der Waals surface area contributed by atoms with E-state index < -0.39 is 9.84 Å². The quantitative estimate of drug-likeness (QED) is 0.927. The summed E-state index contributed by atoms with van der Waals surface area (Å²) in [7, 11) is -3.24. The molecule has 1 aliphatic heterocycles. The zero-order chi connectivity index (χ0) is 14.9. The topological polar surface area (TPSA) is 46.2 Å². The molecule has 1 aliphatic rings. The standard InChI is InChI=1S/C17H19NO2S/c1-2-14-12-21(19,20)16-11-7-6-10-15(16)17(18-14)13-8-4-3-5-9-13/h3-11,14,17-18H,2,12H2,1H3. The van der Waals surface area contributed by atoms with E-state index in [-0.39, 0.29) is 17.8 Å². The van der Waals surface area contributed by atoms with Crippen molar-refractivity contribution in [3.8, 4) is 0 Å². The van der Waals surface area contributed by atoms with Crippen molar-refractivity contribution in [1.29, 1.82) is 0 Å². The summed E-state index contributed by atoms with van der Waals surface area (Å²) in [6.07, 6.45) is 0.788. The molecular formula is C17H19NO2S. The number of sulfone groups is 1. The van der Waals surface area contributed by atoms with Gasteiger partial charge in [0, 0.05) is 6.04 Å². The van der Waals surface area contributed by atoms with Gasteiger partial charge in [0.15, 0.2) is 9.84 Å². The summed E-state index contributed by atoms with van der Waals surface area (Å²) in [5.74, 6) is 0.157. The lowest BCUT2D eigenvalue weighted by Crippen LogP contribution is -2.35. The fourth-order valence-corrected chi connectivity index (χ4v) is 4.76. The molecule has 1 N–H and O–H groups in total. The van der Waals surface area contributed by atoms with Gasteiger partial charge in [-0.25, -0.2) is 8.42 Å². The Morgan fingerprint density at radius 3 is 2.43 bits per heavy atom. The maximum Gasteiger partial charge on any atom is 0.180 e. The second kappa shape index (κ2) is 5.62. The number of benzene rings is 2. The summed E-state index contributed by atoms with van der Waals surface area (Å²) in [6.45, 7) is 2.02. The van der Waals surface area contributed by atoms with Crippen molar-refractivity contribution in [3.63, 3.8) is 0 Å². The van der Waals surface area contributed by atoms with Gasteiger partial charge >= 0.3 is 0 Å². The van der Waals surface area contributed by atoms with Gasteiger partial charge in [-0.15, -0.1) is 0 Å². The fraction of sp³-hybridized carbons (Fsp3) is 0.294. The number of hydrogen-bond acceptors (Lipinski definition) is 3. The monoisotopic (exact) mass is 301 g/mol. The predicted octanol–water partition coefficient (Wildman–Crippen LogP) is 2.93. The summed E-state index contributed by atoms with van der Waals surface area (Å²) >= 11 is 0. The van der Waals surface area contributed by atoms with Crippen LogP contribution in [-0.4, -0.2) is 20.2 Å². The largest absolute Gasteiger partial charge is 0.302 e. The van der Waals surface area contributed by atoms with Crippen LogP contribution in [0.15, 0.2) is 59.5 Å². The van der Waals surface area contributed by atoms with Crippen molar-refractivity contribution < 1.29 is 8.42 Å². The van der Waals surface area contributed by atoms with E-state index in [9.17, 15) is 8.42 Å². The van der Waals surface area contributed by atoms with Gasteiger partial charge in [-0.05, 0) is 23.6 Å². The van der Waals surface area contributed by atoms with Crippen LogP contribution >= 0.6 is 0 Å². The van der Waals surface area contributed by atoms with Crippen molar-refractivity contribution in [3.05, 3.63) is 65.7 Å². The van der Waals surface area contributed by atoms with Gasteiger partial charge in [-0.2, -0.15) is 0 Å². The molecule has 0 fully saturated rings. The van der Waals surface area contributed by atoms with Crippen LogP contribution in [0.2, 0.25) is 0 Å². The second-order valence-corrected chi connectivity index (χ2v) is 7.44. The van der Waals surface area contributed by atoms with Crippen LogP contribution in [0.5, 0.6) is 0 Å². The molecule has 0 radical (unpaired) electrons. The molecule has 0 bridgehead atoms. The lowest BCUT2D eigenvalue weighted by atomic mass is 9.97. The maximum atomic E-state index is 12.6. The maximum absolute atomic E-state index is 12.6. The zero-order valence-corrected chi connectivity index (χ0v) is 12.8. The third kappa shape index (κ3) is 2.74. The Balaban J connectivity index is 2.18. The SMILES string of the molecule is CCC1CS(=O)(=O)c2ccccc2C(c2ccccc2)N1. The van der Waals surface area contributed by atoms with E-state index in [1.54, 1.807) is 12.1 Å². The molecule has 3 rings (SSSR count). The lowest BCUT2D eigenvalue weighted by Gasteiger charge is -2.22. The van der Waals surface area contributed by atoms with Gasteiger partial charge in [0.2, 0.25) is 0 Å². The number of hydrogen-bond donors (Lipinski definition) is 1. The van der Waals surface area contributed by atoms with Crippen LogP contribution in [0.25, 0.3) is 0 Å². The van der Waals surface area contributed by atoms with E-state index in [0.717, 1.165) is 17.5 Å². The summed E-state index contributed by atoms with van der Waals surface area (Å²) in [6, 6.07) is 17.2. The predicted molar refractivity (Wildman–Crippen MR) is 84.0 cm³/mol. The molecule has 0 aromatic heterocycles. The molecule has 3 nitrogen and oxygen atoms in total. The molecule has 0 saturated heterocycles. The van der Waals surface area contributed by atoms with Crippen LogP contribution in [-0.2, 0) is 9.84 Å². The molecular weight excluding hydrogens is 282 g/mol. The van der Waals surface area contributed by atoms with Crippen molar-refractivity contribution >= 4 is 9.84 Å². The Labute approximate surface area is 125 Å². The minimum absolute atomic E-state index is 0.0346. The molecule has 2 aromatic carbocycles. The molecule has 110 valence electrons. The molecule has 21 heavy (non-hydrogen) atoms. The van der Waals surface area contributed by atoms with Crippen molar-refractivity contribution in [2.45, 2.75) is 30.3 Å². The first-order valence-electron chi connectivity index (χ1n) is 7.24. The smallest absolute Gasteiger partial charge is 0.180 e. The highest BCUT2D eigenvalue weighted by molar-refractivity contribution is 7.91. The first-order chi connectivity index (χ1) is 10.1. The molecule has 0 spiro atoms. The van der Waals surface area contributed by atoms with Crippen molar-refractivity contribution in [2.75, 3.05) is 5.75 Å². The Morgan fingerprint density at radius 1 is 1.05 bits per heavy atom. The van der Waals surface area contributed by atoms with Crippen molar-refractivity contribution in [2.24, 2.45) is 0 Å². The molecule has 1 heterocycles. The van der Waals surface area contributed by atoms with Gasteiger partial charge < -0.3 is 5.32 Å². The van der Waals surface area contributed by atoms with Crippen LogP contribution in [0.1, 0.15) is 30.5 Å². The highest BCUT2D eigenvalue weighted by Gasteiger charge is 2.32. The molecule has 0 amide bonds. The van der Waals surface area contributed by atoms with Gasteiger partial charge in [0.1, 0.15) is 0 Å². The van der Waals surface area contributed by atoms with Crippen LogP contribution in [0, 0.1) is 0 Å². The molecule has 2 aromatic rings. The summed E-state index contributed by atoms with van der Waals surface area (Å²) in [5.41, 5.74) is 1.94. The van der Waals surface area contributed by atoms with Gasteiger partial charge in [-0.1, -0.05) is 55.5 Å². The summed E-state index contributed by atoms with van der Waals surface area (Å²) in [4.78, 5) is 0.460. The Kier molecular flexibility index (Phi) is 3.83. The van der Waals surface area contributed by atoms with Crippen LogP contribution in [0.3, 0.4) is 0 Å². The Morgan fingerprint density at radius 2 is 1.71 bits per heavy atom. The molecule has 4 heteroatoms. The first kappa shape index (κ1) is 14.3. The fourth-order valence-electron chi connectivity index (χ4n) is 2.89. The van der Waals surface area contributed by atoms with E-state index in [0.29, 0.717) is 4.90 Å². The average Bonchev–Trinajstić information content (AvgIpc) is 2.63. The molecule has 2 atom stereocenters. The van der Waals surface area contributed by atoms with Gasteiger partial charge in [0.25, 0.3) is 0 Å². The van der Waals surface area contributed by atoms with E-state index in [2.05, 4.69) is 5.32 Å². The normalized spacial score (nSPS) is 24.0. The number of fused-ring (bicyclic) bond motifs is 1. The molecule has 0 saturated carbocycles. The second-order valence-electron chi connectivity index (χ2n) is 5.43. The number of rotatable bonds is 2. The zero-order valence-electron chi connectivity index (χ0n) is 12.0. The Bertz CT molecular complexity index is 725. The van der Waals surface area contributed by atoms with E-state index in [1.807, 2.05) is 49.4 Å². The Hall–Kier alpha value is -1.65. The van der Waals surface area contributed by atoms with Crippen molar-refractivity contribution in [1.82, 2.24) is 5.32 Å². The summed E-state index contributed by atoms with van der Waals surface area (Å²) < 4.78 is 25.2. The summed E-state index contributed by atoms with van der Waals surface area (Å²) in [5, 5.41) is 3.51. The highest BCUT2D eigenvalue weighted by Crippen LogP contribution is 2.32. The third-order valence-electron chi connectivity index (χ3n) is 4.01. The first-order valence-corrected chi connectivity index (χ1v) is 8.89. The van der Waals surface area contributed by atoms with E-state index in [1.165, 1.54) is 0 Å². The highest BCUT2D eigenvalue weighted by atomic mass is 32.2. The molecule has 2 unspecified atom stereocenters. The van der Waals surface area contributed by atoms with E-state index >= 15 is 0 Å². The van der Waals surface area contributed by atoms with Crippen LogP contribution in [0.4, 0.5) is 0 Å². The third-order valence-corrected chi connectivity index (χ3v) is 5.90. The van der Waals surface area contributed by atoms with Gasteiger partial charge in [-0.3, -0.25) is 0 Å². The average molecular weight is 301 g/mol. The lowest BCUT2D eigenvalue weighted by molar-refractivity contribution is 0.490. The van der Waals surface area contributed by atoms with E-state index in [4.69, 9.17) is 0 Å². The van der Waals surface area contributed by atoms with Crippen LogP contribution < -0.4 is 5.32 Å². The van der Waals surface area contributed by atoms with Gasteiger partial charge in [0.05, 0.1) is 16.7 Å². The number of nitrogens with one attached hydrogen (secondary N) is 1. The minimum Gasteiger partial charge on any atom is -0.302 e. The molecule has 0 aliphatic carbocycles. The minimum atomic E-state index is -3.24.